The quantitative estimate of drug-likeness (QED) is 0.0245. The number of unbranched alkanes of at least 4 members (excludes halogenated alkanes) is 21. The lowest BCUT2D eigenvalue weighted by Crippen LogP contribution is -2.29. The molecule has 3 N–H and O–H groups in total. The first-order valence-corrected chi connectivity index (χ1v) is 21.1. The molecular weight excluding hydrogens is 647 g/mol. The fourth-order valence-corrected chi connectivity index (χ4v) is 6.12. The fraction of sp³-hybridized carbons (Fsp3) is 0.895. The first-order chi connectivity index (χ1) is 23.7. The summed E-state index contributed by atoms with van der Waals surface area (Å²) in [6.07, 6.45) is 30.4. The molecule has 0 saturated heterocycles. The number of aliphatic hydroxyl groups excluding tert-OH is 2. The topological polar surface area (TPSA) is 149 Å². The van der Waals surface area contributed by atoms with Crippen LogP contribution in [0, 0.1) is 0 Å². The van der Waals surface area contributed by atoms with Crippen LogP contribution < -0.4 is 0 Å². The van der Waals surface area contributed by atoms with Crippen molar-refractivity contribution in [1.82, 2.24) is 0 Å². The predicted molar refractivity (Wildman–Crippen MR) is 196 cm³/mol. The predicted octanol–water partition coefficient (Wildman–Crippen LogP) is 9.67. The fourth-order valence-electron chi connectivity index (χ4n) is 5.33. The van der Waals surface area contributed by atoms with E-state index in [0.717, 1.165) is 57.8 Å². The number of phosphoric ester groups is 1. The van der Waals surface area contributed by atoms with Gasteiger partial charge in [-0.25, -0.2) is 4.57 Å². The summed E-state index contributed by atoms with van der Waals surface area (Å²) in [7, 11) is -4.61. The second kappa shape index (κ2) is 35.1. The van der Waals surface area contributed by atoms with Crippen LogP contribution in [0.25, 0.3) is 0 Å². The number of ether oxygens (including phenoxy) is 2. The monoisotopic (exact) mass is 720 g/mol. The molecule has 0 heterocycles. The Morgan fingerprint density at radius 2 is 1.02 bits per heavy atom. The Balaban J connectivity index is 4.33. The largest absolute Gasteiger partial charge is 0.472 e. The molecule has 0 aliphatic rings. The van der Waals surface area contributed by atoms with Gasteiger partial charge in [-0.05, 0) is 32.1 Å². The van der Waals surface area contributed by atoms with Gasteiger partial charge < -0.3 is 24.6 Å². The Labute approximate surface area is 298 Å². The number of aliphatic hydroxyl groups is 2. The maximum absolute atomic E-state index is 12.5. The number of carbonyl (C=O) groups is 2. The number of phosphoric acid groups is 1. The van der Waals surface area contributed by atoms with E-state index in [1.165, 1.54) is 83.5 Å². The standard InChI is InChI=1S/C38H73O10P/c1-3-5-7-9-11-13-15-16-17-18-20-22-24-26-28-30-38(42)48-36(34-47-49(43,44)46-32-35(40)31-39)33-45-37(41)29-27-25-23-21-19-14-12-10-8-6-4-2/h10,12,35-36,39-40H,3-9,11,13-34H2,1-2H3,(H,43,44)/b12-10+/t35-,36+/m0/s1. The van der Waals surface area contributed by atoms with Gasteiger partial charge in [0.1, 0.15) is 12.7 Å². The molecule has 0 amide bonds. The number of hydrogen-bond acceptors (Lipinski definition) is 9. The van der Waals surface area contributed by atoms with E-state index in [1.807, 2.05) is 0 Å². The average Bonchev–Trinajstić information content (AvgIpc) is 3.09. The second-order valence-electron chi connectivity index (χ2n) is 13.3. The van der Waals surface area contributed by atoms with Crippen LogP contribution in [0.1, 0.15) is 181 Å². The molecule has 1 unspecified atom stereocenters. The molecule has 11 heteroatoms. The van der Waals surface area contributed by atoms with Crippen LogP contribution in [0.3, 0.4) is 0 Å². The maximum atomic E-state index is 12.5. The molecular formula is C38H73O10P. The minimum Gasteiger partial charge on any atom is -0.462 e. The molecule has 3 atom stereocenters. The summed E-state index contributed by atoms with van der Waals surface area (Å²) in [6.45, 7) is 2.33. The van der Waals surface area contributed by atoms with E-state index in [0.29, 0.717) is 12.8 Å². The van der Waals surface area contributed by atoms with Gasteiger partial charge in [0.05, 0.1) is 19.8 Å². The van der Waals surface area contributed by atoms with Crippen molar-refractivity contribution in [2.24, 2.45) is 0 Å². The number of hydrogen-bond donors (Lipinski definition) is 3. The van der Waals surface area contributed by atoms with E-state index in [2.05, 4.69) is 30.5 Å². The summed E-state index contributed by atoms with van der Waals surface area (Å²) in [5, 5.41) is 18.3. The Morgan fingerprint density at radius 3 is 1.53 bits per heavy atom. The van der Waals surface area contributed by atoms with E-state index in [9.17, 15) is 24.2 Å². The molecule has 0 aromatic rings. The lowest BCUT2D eigenvalue weighted by molar-refractivity contribution is -0.161. The van der Waals surface area contributed by atoms with Crippen molar-refractivity contribution < 1.29 is 47.8 Å². The van der Waals surface area contributed by atoms with Gasteiger partial charge in [0, 0.05) is 12.8 Å². The highest BCUT2D eigenvalue weighted by atomic mass is 31.2. The van der Waals surface area contributed by atoms with Crippen molar-refractivity contribution in [3.05, 3.63) is 12.2 Å². The number of rotatable bonds is 37. The normalized spacial score (nSPS) is 14.1. The highest BCUT2D eigenvalue weighted by Gasteiger charge is 2.27. The second-order valence-corrected chi connectivity index (χ2v) is 14.8. The van der Waals surface area contributed by atoms with Crippen LogP contribution in [0.4, 0.5) is 0 Å². The van der Waals surface area contributed by atoms with Crippen molar-refractivity contribution >= 4 is 19.8 Å². The van der Waals surface area contributed by atoms with Crippen LogP contribution in [0.5, 0.6) is 0 Å². The van der Waals surface area contributed by atoms with Gasteiger partial charge in [0.15, 0.2) is 6.10 Å². The Kier molecular flexibility index (Phi) is 34.2. The summed E-state index contributed by atoms with van der Waals surface area (Å²) >= 11 is 0. The first kappa shape index (κ1) is 47.7. The maximum Gasteiger partial charge on any atom is 0.472 e. The lowest BCUT2D eigenvalue weighted by Gasteiger charge is -2.20. The van der Waals surface area contributed by atoms with Gasteiger partial charge in [-0.2, -0.15) is 0 Å². The number of carbonyl (C=O) groups excluding carboxylic acids is 2. The van der Waals surface area contributed by atoms with Crippen molar-refractivity contribution in [1.29, 1.82) is 0 Å². The van der Waals surface area contributed by atoms with Crippen LogP contribution in [0.2, 0.25) is 0 Å². The van der Waals surface area contributed by atoms with Gasteiger partial charge in [-0.1, -0.05) is 148 Å². The van der Waals surface area contributed by atoms with E-state index < -0.39 is 51.8 Å². The summed E-state index contributed by atoms with van der Waals surface area (Å²) in [6, 6.07) is 0. The van der Waals surface area contributed by atoms with E-state index in [4.69, 9.17) is 19.1 Å². The van der Waals surface area contributed by atoms with Crippen molar-refractivity contribution in [3.8, 4) is 0 Å². The van der Waals surface area contributed by atoms with Crippen LogP contribution >= 0.6 is 7.82 Å². The molecule has 0 aromatic carbocycles. The zero-order chi connectivity index (χ0) is 36.3. The molecule has 10 nitrogen and oxygen atoms in total. The third kappa shape index (κ3) is 34.9. The van der Waals surface area contributed by atoms with Gasteiger partial charge in [0.2, 0.25) is 0 Å². The Hall–Kier alpha value is -1.29. The first-order valence-electron chi connectivity index (χ1n) is 19.6. The van der Waals surface area contributed by atoms with Crippen molar-refractivity contribution in [3.63, 3.8) is 0 Å². The molecule has 0 aliphatic heterocycles. The zero-order valence-electron chi connectivity index (χ0n) is 31.2. The van der Waals surface area contributed by atoms with Crippen LogP contribution in [0.15, 0.2) is 12.2 Å². The van der Waals surface area contributed by atoms with Gasteiger partial charge in [-0.3, -0.25) is 18.6 Å². The SMILES string of the molecule is CCCC/C=C/CCCCCCCC(=O)OC[C@H](COP(=O)(O)OC[C@@H](O)CO)OC(=O)CCCCCCCCCCCCCCCCC. The van der Waals surface area contributed by atoms with Crippen LogP contribution in [-0.4, -0.2) is 65.7 Å². The molecule has 49 heavy (non-hydrogen) atoms. The zero-order valence-corrected chi connectivity index (χ0v) is 32.1. The third-order valence-corrected chi connectivity index (χ3v) is 9.37. The minimum absolute atomic E-state index is 0.188. The highest BCUT2D eigenvalue weighted by Crippen LogP contribution is 2.43. The van der Waals surface area contributed by atoms with Gasteiger partial charge >= 0.3 is 19.8 Å². The average molecular weight is 721 g/mol. The molecule has 0 aliphatic carbocycles. The summed E-state index contributed by atoms with van der Waals surface area (Å²) in [5.74, 6) is -0.930. The number of esters is 2. The highest BCUT2D eigenvalue weighted by molar-refractivity contribution is 7.47. The van der Waals surface area contributed by atoms with E-state index in [1.54, 1.807) is 0 Å². The van der Waals surface area contributed by atoms with E-state index in [-0.39, 0.29) is 19.4 Å². The Bertz CT molecular complexity index is 837. The summed E-state index contributed by atoms with van der Waals surface area (Å²) in [5.41, 5.74) is 0. The molecule has 290 valence electrons. The summed E-state index contributed by atoms with van der Waals surface area (Å²) in [4.78, 5) is 34.8. The molecule has 0 bridgehead atoms. The molecule has 0 radical (unpaired) electrons. The Morgan fingerprint density at radius 1 is 0.592 bits per heavy atom. The van der Waals surface area contributed by atoms with Crippen LogP contribution in [-0.2, 0) is 32.7 Å². The molecule has 0 fully saturated rings. The lowest BCUT2D eigenvalue weighted by atomic mass is 10.0. The molecule has 0 saturated carbocycles. The number of allylic oxidation sites excluding steroid dienone is 2. The van der Waals surface area contributed by atoms with Crippen molar-refractivity contribution in [2.45, 2.75) is 193 Å². The molecule has 0 spiro atoms. The molecule has 0 rings (SSSR count). The third-order valence-electron chi connectivity index (χ3n) is 8.42. The minimum atomic E-state index is -4.61. The summed E-state index contributed by atoms with van der Waals surface area (Å²) < 4.78 is 32.6. The smallest absolute Gasteiger partial charge is 0.462 e. The molecule has 0 aromatic heterocycles. The van der Waals surface area contributed by atoms with Gasteiger partial charge in [-0.15, -0.1) is 0 Å². The van der Waals surface area contributed by atoms with E-state index >= 15 is 0 Å². The van der Waals surface area contributed by atoms with Gasteiger partial charge in [0.25, 0.3) is 0 Å². The van der Waals surface area contributed by atoms with Crippen molar-refractivity contribution in [2.75, 3.05) is 26.4 Å².